The lowest BCUT2D eigenvalue weighted by Gasteiger charge is -2.12. The third-order valence-corrected chi connectivity index (χ3v) is 3.36. The number of hydrogen-bond acceptors (Lipinski definition) is 5. The van der Waals surface area contributed by atoms with Crippen molar-refractivity contribution in [1.82, 2.24) is 10.1 Å². The number of aliphatic hydroxyl groups is 1. The normalized spacial score (nSPS) is 36.6. The Morgan fingerprint density at radius 3 is 2.38 bits per heavy atom. The van der Waals surface area contributed by atoms with Crippen LogP contribution in [0, 0.1) is 5.92 Å². The standard InChI is InChI=1S/C11H18N2O3/c1-5-7(3)15-8(4)9(5)11-12-10(6(2)14)13-16-11/h5-9,14H,1-4H3. The first-order valence-electron chi connectivity index (χ1n) is 5.67. The topological polar surface area (TPSA) is 68.4 Å². The van der Waals surface area contributed by atoms with Gasteiger partial charge < -0.3 is 14.4 Å². The van der Waals surface area contributed by atoms with Crippen molar-refractivity contribution in [3.8, 4) is 0 Å². The van der Waals surface area contributed by atoms with Crippen molar-refractivity contribution in [3.05, 3.63) is 11.7 Å². The number of nitrogens with zero attached hydrogens (tertiary/aromatic N) is 2. The highest BCUT2D eigenvalue weighted by molar-refractivity contribution is 5.04. The van der Waals surface area contributed by atoms with E-state index in [0.717, 1.165) is 0 Å². The van der Waals surface area contributed by atoms with Crippen LogP contribution < -0.4 is 0 Å². The molecule has 5 unspecified atom stereocenters. The number of hydrogen-bond donors (Lipinski definition) is 1. The van der Waals surface area contributed by atoms with Gasteiger partial charge >= 0.3 is 0 Å². The number of aliphatic hydroxyl groups excluding tert-OH is 1. The zero-order valence-corrected chi connectivity index (χ0v) is 10.0. The smallest absolute Gasteiger partial charge is 0.232 e. The molecule has 16 heavy (non-hydrogen) atoms. The van der Waals surface area contributed by atoms with Gasteiger partial charge in [-0.3, -0.25) is 0 Å². The molecule has 5 atom stereocenters. The molecule has 1 aromatic heterocycles. The minimum atomic E-state index is -0.692. The number of aromatic nitrogens is 2. The summed E-state index contributed by atoms with van der Waals surface area (Å²) in [6.45, 7) is 7.80. The second-order valence-corrected chi connectivity index (χ2v) is 4.60. The molecule has 1 aromatic rings. The fourth-order valence-corrected chi connectivity index (χ4v) is 2.24. The molecule has 0 aromatic carbocycles. The summed E-state index contributed by atoms with van der Waals surface area (Å²) in [6, 6.07) is 0. The molecule has 1 fully saturated rings. The second kappa shape index (κ2) is 4.14. The highest BCUT2D eigenvalue weighted by Crippen LogP contribution is 2.39. The maximum Gasteiger partial charge on any atom is 0.232 e. The highest BCUT2D eigenvalue weighted by atomic mass is 16.5. The van der Waals surface area contributed by atoms with E-state index in [-0.39, 0.29) is 18.1 Å². The zero-order chi connectivity index (χ0) is 11.9. The molecule has 0 bridgehead atoms. The molecule has 5 heteroatoms. The Balaban J connectivity index is 2.23. The van der Waals surface area contributed by atoms with Crippen molar-refractivity contribution in [2.45, 2.75) is 51.9 Å². The Labute approximate surface area is 94.8 Å². The quantitative estimate of drug-likeness (QED) is 0.830. The second-order valence-electron chi connectivity index (χ2n) is 4.60. The molecule has 1 aliphatic heterocycles. The fourth-order valence-electron chi connectivity index (χ4n) is 2.24. The Morgan fingerprint density at radius 1 is 1.25 bits per heavy atom. The van der Waals surface area contributed by atoms with E-state index in [9.17, 15) is 5.11 Å². The van der Waals surface area contributed by atoms with Crippen LogP contribution in [0.3, 0.4) is 0 Å². The summed E-state index contributed by atoms with van der Waals surface area (Å²) in [7, 11) is 0. The van der Waals surface area contributed by atoms with Crippen LogP contribution in [0.15, 0.2) is 4.52 Å². The summed E-state index contributed by atoms with van der Waals surface area (Å²) < 4.78 is 10.9. The van der Waals surface area contributed by atoms with Gasteiger partial charge in [0.25, 0.3) is 0 Å². The maximum absolute atomic E-state index is 9.35. The first-order chi connectivity index (χ1) is 7.50. The van der Waals surface area contributed by atoms with Gasteiger partial charge in [0.2, 0.25) is 5.89 Å². The summed E-state index contributed by atoms with van der Waals surface area (Å²) >= 11 is 0. The maximum atomic E-state index is 9.35. The van der Waals surface area contributed by atoms with Crippen LogP contribution in [-0.4, -0.2) is 27.5 Å². The van der Waals surface area contributed by atoms with E-state index in [0.29, 0.717) is 17.6 Å². The zero-order valence-electron chi connectivity index (χ0n) is 10.0. The lowest BCUT2D eigenvalue weighted by atomic mass is 9.89. The van der Waals surface area contributed by atoms with Crippen molar-refractivity contribution >= 4 is 0 Å². The molecule has 0 spiro atoms. The minimum Gasteiger partial charge on any atom is -0.385 e. The van der Waals surface area contributed by atoms with Crippen LogP contribution in [0.4, 0.5) is 0 Å². The largest absolute Gasteiger partial charge is 0.385 e. The first-order valence-corrected chi connectivity index (χ1v) is 5.67. The average molecular weight is 226 g/mol. The lowest BCUT2D eigenvalue weighted by Crippen LogP contribution is -2.15. The molecule has 1 aliphatic rings. The number of rotatable bonds is 2. The SMILES string of the molecule is CC(O)c1noc(C2C(C)OC(C)C2C)n1. The molecule has 5 nitrogen and oxygen atoms in total. The minimum absolute atomic E-state index is 0.0762. The van der Waals surface area contributed by atoms with E-state index in [1.807, 2.05) is 13.8 Å². The van der Waals surface area contributed by atoms with Crippen molar-refractivity contribution in [1.29, 1.82) is 0 Å². The highest BCUT2D eigenvalue weighted by Gasteiger charge is 2.41. The molecular weight excluding hydrogens is 208 g/mol. The molecular formula is C11H18N2O3. The van der Waals surface area contributed by atoms with Crippen molar-refractivity contribution < 1.29 is 14.4 Å². The molecule has 90 valence electrons. The van der Waals surface area contributed by atoms with Gasteiger partial charge in [-0.05, 0) is 26.7 Å². The lowest BCUT2D eigenvalue weighted by molar-refractivity contribution is 0.0542. The predicted molar refractivity (Wildman–Crippen MR) is 56.8 cm³/mol. The third kappa shape index (κ3) is 1.85. The summed E-state index contributed by atoms with van der Waals surface area (Å²) in [6.07, 6.45) is -0.419. The van der Waals surface area contributed by atoms with Gasteiger partial charge in [-0.25, -0.2) is 0 Å². The fraction of sp³-hybridized carbons (Fsp3) is 0.818. The van der Waals surface area contributed by atoms with Gasteiger partial charge in [0.05, 0.1) is 18.1 Å². The summed E-state index contributed by atoms with van der Waals surface area (Å²) in [5.74, 6) is 1.38. The van der Waals surface area contributed by atoms with Crippen LogP contribution in [0.1, 0.15) is 51.4 Å². The monoisotopic (exact) mass is 226 g/mol. The molecule has 0 amide bonds. The van der Waals surface area contributed by atoms with Crippen LogP contribution in [0.5, 0.6) is 0 Å². The Kier molecular flexibility index (Phi) is 2.99. The van der Waals surface area contributed by atoms with Gasteiger partial charge in [0, 0.05) is 0 Å². The van der Waals surface area contributed by atoms with Gasteiger partial charge in [-0.15, -0.1) is 0 Å². The molecule has 1 saturated heterocycles. The van der Waals surface area contributed by atoms with E-state index in [4.69, 9.17) is 9.26 Å². The van der Waals surface area contributed by atoms with E-state index in [2.05, 4.69) is 17.1 Å². The Bertz CT molecular complexity index is 364. The van der Waals surface area contributed by atoms with Crippen molar-refractivity contribution in [2.75, 3.05) is 0 Å². The Hall–Kier alpha value is -0.940. The average Bonchev–Trinajstić information content (AvgIpc) is 2.74. The summed E-state index contributed by atoms with van der Waals surface area (Å²) in [4.78, 5) is 4.22. The van der Waals surface area contributed by atoms with Crippen molar-refractivity contribution in [3.63, 3.8) is 0 Å². The van der Waals surface area contributed by atoms with E-state index in [1.54, 1.807) is 6.92 Å². The van der Waals surface area contributed by atoms with Crippen LogP contribution in [-0.2, 0) is 4.74 Å². The van der Waals surface area contributed by atoms with Crippen LogP contribution >= 0.6 is 0 Å². The van der Waals surface area contributed by atoms with Crippen LogP contribution in [0.2, 0.25) is 0 Å². The molecule has 0 radical (unpaired) electrons. The molecule has 2 rings (SSSR count). The van der Waals surface area contributed by atoms with Crippen LogP contribution in [0.25, 0.3) is 0 Å². The molecule has 0 saturated carbocycles. The third-order valence-electron chi connectivity index (χ3n) is 3.36. The molecule has 1 N–H and O–H groups in total. The van der Waals surface area contributed by atoms with E-state index < -0.39 is 6.10 Å². The van der Waals surface area contributed by atoms with Gasteiger partial charge in [-0.1, -0.05) is 12.1 Å². The van der Waals surface area contributed by atoms with Gasteiger partial charge in [0.1, 0.15) is 6.10 Å². The van der Waals surface area contributed by atoms with E-state index >= 15 is 0 Å². The van der Waals surface area contributed by atoms with Gasteiger partial charge in [-0.2, -0.15) is 4.98 Å². The molecule has 2 heterocycles. The van der Waals surface area contributed by atoms with Gasteiger partial charge in [0.15, 0.2) is 5.82 Å². The van der Waals surface area contributed by atoms with Crippen molar-refractivity contribution in [2.24, 2.45) is 5.92 Å². The molecule has 0 aliphatic carbocycles. The summed E-state index contributed by atoms with van der Waals surface area (Å²) in [5, 5.41) is 13.1. The first kappa shape index (κ1) is 11.5. The number of ether oxygens (including phenoxy) is 1. The Morgan fingerprint density at radius 2 is 1.94 bits per heavy atom. The van der Waals surface area contributed by atoms with E-state index in [1.165, 1.54) is 0 Å². The predicted octanol–water partition coefficient (Wildman–Crippen LogP) is 1.65. The summed E-state index contributed by atoms with van der Waals surface area (Å²) in [5.41, 5.74) is 0.